The number of benzene rings is 2. The van der Waals surface area contributed by atoms with Crippen molar-refractivity contribution in [1.82, 2.24) is 10.2 Å². The van der Waals surface area contributed by atoms with E-state index < -0.39 is 0 Å². The fourth-order valence-corrected chi connectivity index (χ4v) is 4.83. The molecule has 154 valence electrons. The molecule has 0 unspecified atom stereocenters. The fraction of sp³-hybridized carbons (Fsp3) is 0.458. The predicted octanol–water partition coefficient (Wildman–Crippen LogP) is 4.30. The van der Waals surface area contributed by atoms with Gasteiger partial charge in [0.2, 0.25) is 0 Å². The lowest BCUT2D eigenvalue weighted by atomic mass is 9.93. The summed E-state index contributed by atoms with van der Waals surface area (Å²) in [4.78, 5) is 16.7. The van der Waals surface area contributed by atoms with Crippen molar-refractivity contribution in [3.8, 4) is 5.75 Å². The minimum absolute atomic E-state index is 0.0200. The smallest absolute Gasteiger partial charge is 0.255 e. The molecule has 0 aromatic heterocycles. The highest BCUT2D eigenvalue weighted by Crippen LogP contribution is 2.34. The van der Waals surface area contributed by atoms with Crippen LogP contribution in [0.4, 0.5) is 0 Å². The molecule has 0 radical (unpaired) electrons. The lowest BCUT2D eigenvalue weighted by Gasteiger charge is -2.37. The van der Waals surface area contributed by atoms with Gasteiger partial charge < -0.3 is 10.1 Å². The Morgan fingerprint density at radius 2 is 2.07 bits per heavy atom. The molecule has 4 nitrogen and oxygen atoms in total. The number of amides is 1. The van der Waals surface area contributed by atoms with E-state index in [0.717, 1.165) is 42.1 Å². The van der Waals surface area contributed by atoms with E-state index >= 15 is 0 Å². The van der Waals surface area contributed by atoms with Crippen LogP contribution in [0.1, 0.15) is 46.8 Å². The van der Waals surface area contributed by atoms with Crippen molar-refractivity contribution in [3.63, 3.8) is 0 Å². The maximum atomic E-state index is 13.1. The van der Waals surface area contributed by atoms with Gasteiger partial charge in [0.25, 0.3) is 5.91 Å². The van der Waals surface area contributed by atoms with Crippen LogP contribution in [-0.2, 0) is 19.4 Å². The van der Waals surface area contributed by atoms with Crippen molar-refractivity contribution in [2.45, 2.75) is 50.1 Å². The molecule has 0 aliphatic carbocycles. The molecule has 5 heteroatoms. The second-order valence-electron chi connectivity index (χ2n) is 7.92. The topological polar surface area (TPSA) is 41.6 Å². The van der Waals surface area contributed by atoms with E-state index in [1.54, 1.807) is 11.8 Å². The average molecular weight is 411 g/mol. The van der Waals surface area contributed by atoms with Crippen LogP contribution in [0.3, 0.4) is 0 Å². The zero-order chi connectivity index (χ0) is 20.2. The SMILES string of the molecule is CCCCN1Cc2ccccc2C[C@@H]1CNC(=O)c1cc(SC)cc2c1OCC2. The Labute approximate surface area is 178 Å². The van der Waals surface area contributed by atoms with Gasteiger partial charge in [0, 0.05) is 30.4 Å². The Kier molecular flexibility index (Phi) is 6.46. The molecule has 2 aromatic carbocycles. The molecule has 1 atom stereocenters. The third kappa shape index (κ3) is 4.46. The summed E-state index contributed by atoms with van der Waals surface area (Å²) in [6.45, 7) is 5.60. The molecule has 0 bridgehead atoms. The quantitative estimate of drug-likeness (QED) is 0.691. The summed E-state index contributed by atoms with van der Waals surface area (Å²) in [5.74, 6) is 0.755. The highest BCUT2D eigenvalue weighted by molar-refractivity contribution is 7.98. The van der Waals surface area contributed by atoms with Crippen molar-refractivity contribution in [1.29, 1.82) is 0 Å². The van der Waals surface area contributed by atoms with E-state index in [4.69, 9.17) is 4.74 Å². The van der Waals surface area contributed by atoms with E-state index in [1.807, 2.05) is 12.3 Å². The second kappa shape index (κ2) is 9.23. The van der Waals surface area contributed by atoms with E-state index in [9.17, 15) is 4.79 Å². The Hall–Kier alpha value is -1.98. The van der Waals surface area contributed by atoms with Crippen LogP contribution in [0, 0.1) is 0 Å². The first-order valence-electron chi connectivity index (χ1n) is 10.6. The number of thioether (sulfide) groups is 1. The number of unbranched alkanes of at least 4 members (excludes halogenated alkanes) is 1. The molecule has 0 saturated carbocycles. The summed E-state index contributed by atoms with van der Waals surface area (Å²) in [6.07, 6.45) is 6.28. The number of hydrogen-bond donors (Lipinski definition) is 1. The number of ether oxygens (including phenoxy) is 1. The van der Waals surface area contributed by atoms with Crippen molar-refractivity contribution in [2.75, 3.05) is 26.0 Å². The monoisotopic (exact) mass is 410 g/mol. The van der Waals surface area contributed by atoms with Gasteiger partial charge in [0.15, 0.2) is 0 Å². The van der Waals surface area contributed by atoms with E-state index in [1.165, 1.54) is 24.0 Å². The Balaban J connectivity index is 1.49. The molecule has 2 aromatic rings. The Bertz CT molecular complexity index is 883. The maximum Gasteiger partial charge on any atom is 0.255 e. The number of nitrogens with one attached hydrogen (secondary N) is 1. The molecule has 2 aliphatic rings. The minimum atomic E-state index is -0.0200. The average Bonchev–Trinajstić information content (AvgIpc) is 3.23. The lowest BCUT2D eigenvalue weighted by Crippen LogP contribution is -2.47. The molecule has 2 heterocycles. The van der Waals surface area contributed by atoms with Crippen LogP contribution < -0.4 is 10.1 Å². The summed E-state index contributed by atoms with van der Waals surface area (Å²) in [6, 6.07) is 13.1. The normalized spacial score (nSPS) is 18.1. The number of fused-ring (bicyclic) bond motifs is 2. The number of carbonyl (C=O) groups is 1. The second-order valence-corrected chi connectivity index (χ2v) is 8.80. The van der Waals surface area contributed by atoms with Crippen LogP contribution in [0.25, 0.3) is 0 Å². The van der Waals surface area contributed by atoms with Gasteiger partial charge in [-0.15, -0.1) is 11.8 Å². The first-order chi connectivity index (χ1) is 14.2. The third-order valence-corrected chi connectivity index (χ3v) is 6.71. The summed E-state index contributed by atoms with van der Waals surface area (Å²) in [5, 5.41) is 3.22. The first kappa shape index (κ1) is 20.3. The van der Waals surface area contributed by atoms with Gasteiger partial charge in [0.1, 0.15) is 5.75 Å². The minimum Gasteiger partial charge on any atom is -0.492 e. The standard InChI is InChI=1S/C24H30N2O2S/c1-3-4-10-26-16-19-8-6-5-7-17(19)12-20(26)15-25-24(27)22-14-21(29-2)13-18-9-11-28-23(18)22/h5-8,13-14,20H,3-4,9-12,15-16H2,1-2H3,(H,25,27)/t20-/m1/s1. The molecule has 2 aliphatic heterocycles. The van der Waals surface area contributed by atoms with Gasteiger partial charge in [-0.1, -0.05) is 37.6 Å². The van der Waals surface area contributed by atoms with Crippen LogP contribution >= 0.6 is 11.8 Å². The van der Waals surface area contributed by atoms with Crippen molar-refractivity contribution in [3.05, 3.63) is 58.7 Å². The highest BCUT2D eigenvalue weighted by atomic mass is 32.2. The Morgan fingerprint density at radius 1 is 1.24 bits per heavy atom. The lowest BCUT2D eigenvalue weighted by molar-refractivity contribution is 0.0921. The maximum absolute atomic E-state index is 13.1. The van der Waals surface area contributed by atoms with E-state index in [-0.39, 0.29) is 5.91 Å². The van der Waals surface area contributed by atoms with E-state index in [2.05, 4.69) is 47.5 Å². The summed E-state index contributed by atoms with van der Waals surface area (Å²) >= 11 is 1.67. The summed E-state index contributed by atoms with van der Waals surface area (Å²) in [7, 11) is 0. The zero-order valence-corrected chi connectivity index (χ0v) is 18.2. The molecule has 1 amide bonds. The van der Waals surface area contributed by atoms with Gasteiger partial charge >= 0.3 is 0 Å². The molecular weight excluding hydrogens is 380 g/mol. The van der Waals surface area contributed by atoms with Crippen LogP contribution in [-0.4, -0.2) is 42.8 Å². The van der Waals surface area contributed by atoms with Crippen molar-refractivity contribution >= 4 is 17.7 Å². The summed E-state index contributed by atoms with van der Waals surface area (Å²) < 4.78 is 5.78. The number of rotatable bonds is 7. The van der Waals surface area contributed by atoms with E-state index in [0.29, 0.717) is 24.8 Å². The molecular formula is C24H30N2O2S. The highest BCUT2D eigenvalue weighted by Gasteiger charge is 2.27. The molecule has 4 rings (SSSR count). The summed E-state index contributed by atoms with van der Waals surface area (Å²) in [5.41, 5.74) is 4.66. The van der Waals surface area contributed by atoms with Gasteiger partial charge in [-0.25, -0.2) is 0 Å². The molecule has 0 fully saturated rings. The van der Waals surface area contributed by atoms with Gasteiger partial charge in [-0.2, -0.15) is 0 Å². The molecule has 1 N–H and O–H groups in total. The van der Waals surface area contributed by atoms with Crippen LogP contribution in [0.2, 0.25) is 0 Å². The fourth-order valence-electron chi connectivity index (χ4n) is 4.34. The number of hydrogen-bond acceptors (Lipinski definition) is 4. The van der Waals surface area contributed by atoms with Crippen molar-refractivity contribution < 1.29 is 9.53 Å². The molecule has 0 spiro atoms. The Morgan fingerprint density at radius 3 is 2.86 bits per heavy atom. The van der Waals surface area contributed by atoms with Crippen LogP contribution in [0.5, 0.6) is 5.75 Å². The third-order valence-electron chi connectivity index (χ3n) is 6.00. The van der Waals surface area contributed by atoms with Gasteiger partial charge in [-0.3, -0.25) is 9.69 Å². The zero-order valence-electron chi connectivity index (χ0n) is 17.4. The largest absolute Gasteiger partial charge is 0.492 e. The molecule has 0 saturated heterocycles. The van der Waals surface area contributed by atoms with Gasteiger partial charge in [-0.05, 0) is 54.5 Å². The number of nitrogens with zero attached hydrogens (tertiary/aromatic N) is 1. The van der Waals surface area contributed by atoms with Crippen molar-refractivity contribution in [2.24, 2.45) is 0 Å². The first-order valence-corrected chi connectivity index (χ1v) is 11.8. The predicted molar refractivity (Wildman–Crippen MR) is 119 cm³/mol. The number of carbonyl (C=O) groups excluding carboxylic acids is 1. The van der Waals surface area contributed by atoms with Crippen LogP contribution in [0.15, 0.2) is 41.3 Å². The molecule has 29 heavy (non-hydrogen) atoms. The van der Waals surface area contributed by atoms with Gasteiger partial charge in [0.05, 0.1) is 12.2 Å².